The Morgan fingerprint density at radius 1 is 1.38 bits per heavy atom. The molecule has 1 aromatic heterocycles. The molecule has 2 heteroatoms. The predicted molar refractivity (Wildman–Crippen MR) is 58.4 cm³/mol. The number of piperidine rings is 1. The maximum atomic E-state index is 2.43. The molecule has 0 spiro atoms. The molecule has 1 aliphatic rings. The lowest BCUT2D eigenvalue weighted by atomic mass is 9.79. The van der Waals surface area contributed by atoms with Crippen molar-refractivity contribution in [3.05, 3.63) is 22.4 Å². The van der Waals surface area contributed by atoms with Gasteiger partial charge in [0.05, 0.1) is 0 Å². The molecule has 0 unspecified atom stereocenters. The van der Waals surface area contributed by atoms with Gasteiger partial charge < -0.3 is 4.90 Å². The van der Waals surface area contributed by atoms with E-state index in [4.69, 9.17) is 0 Å². The minimum Gasteiger partial charge on any atom is -0.306 e. The summed E-state index contributed by atoms with van der Waals surface area (Å²) in [5.41, 5.74) is 0.459. The highest BCUT2D eigenvalue weighted by molar-refractivity contribution is 7.10. The summed E-state index contributed by atoms with van der Waals surface area (Å²) in [7, 11) is 2.22. The molecule has 0 aromatic carbocycles. The van der Waals surface area contributed by atoms with Crippen LogP contribution in [0.5, 0.6) is 0 Å². The molecule has 72 valence electrons. The molecule has 2 rings (SSSR count). The third kappa shape index (κ3) is 1.79. The van der Waals surface area contributed by atoms with E-state index < -0.39 is 0 Å². The zero-order valence-corrected chi connectivity index (χ0v) is 9.23. The van der Waals surface area contributed by atoms with E-state index >= 15 is 0 Å². The van der Waals surface area contributed by atoms with E-state index in [1.165, 1.54) is 25.9 Å². The fourth-order valence-electron chi connectivity index (χ4n) is 1.98. The number of nitrogens with zero attached hydrogens (tertiary/aromatic N) is 1. The molecular formula is C11H17NS. The minimum absolute atomic E-state index is 0.459. The van der Waals surface area contributed by atoms with Crippen molar-refractivity contribution in [2.24, 2.45) is 0 Å². The van der Waals surface area contributed by atoms with Gasteiger partial charge in [0, 0.05) is 10.3 Å². The number of hydrogen-bond donors (Lipinski definition) is 0. The van der Waals surface area contributed by atoms with Crippen LogP contribution in [-0.4, -0.2) is 25.0 Å². The van der Waals surface area contributed by atoms with Crippen molar-refractivity contribution in [1.82, 2.24) is 4.90 Å². The van der Waals surface area contributed by atoms with Crippen LogP contribution in [0.1, 0.15) is 24.6 Å². The summed E-state index contributed by atoms with van der Waals surface area (Å²) in [5, 5.41) is 2.19. The highest BCUT2D eigenvalue weighted by atomic mass is 32.1. The SMILES string of the molecule is CN1CCC(C)(c2cccs2)CC1. The third-order valence-electron chi connectivity index (χ3n) is 3.21. The molecule has 1 aromatic rings. The Kier molecular flexibility index (Phi) is 2.43. The summed E-state index contributed by atoms with van der Waals surface area (Å²) >= 11 is 1.91. The fraction of sp³-hybridized carbons (Fsp3) is 0.636. The lowest BCUT2D eigenvalue weighted by Gasteiger charge is -2.37. The predicted octanol–water partition coefficient (Wildman–Crippen LogP) is 2.73. The van der Waals surface area contributed by atoms with Crippen molar-refractivity contribution in [3.8, 4) is 0 Å². The second-order valence-electron chi connectivity index (χ2n) is 4.34. The van der Waals surface area contributed by atoms with E-state index in [2.05, 4.69) is 36.4 Å². The Morgan fingerprint density at radius 2 is 2.08 bits per heavy atom. The summed E-state index contributed by atoms with van der Waals surface area (Å²) in [6.07, 6.45) is 2.62. The second-order valence-corrected chi connectivity index (χ2v) is 5.29. The molecule has 1 fully saturated rings. The normalized spacial score (nSPS) is 23.2. The average molecular weight is 195 g/mol. The lowest BCUT2D eigenvalue weighted by Crippen LogP contribution is -2.38. The van der Waals surface area contributed by atoms with Crippen LogP contribution in [0.4, 0.5) is 0 Å². The van der Waals surface area contributed by atoms with Gasteiger partial charge in [-0.2, -0.15) is 0 Å². The highest BCUT2D eigenvalue weighted by Gasteiger charge is 2.31. The standard InChI is InChI=1S/C11H17NS/c1-11(10-4-3-9-13-10)5-7-12(2)8-6-11/h3-4,9H,5-8H2,1-2H3. The van der Waals surface area contributed by atoms with Crippen LogP contribution in [0.2, 0.25) is 0 Å². The monoisotopic (exact) mass is 195 g/mol. The molecule has 13 heavy (non-hydrogen) atoms. The fourth-order valence-corrected chi connectivity index (χ4v) is 2.93. The van der Waals surface area contributed by atoms with E-state index in [9.17, 15) is 0 Å². The Balaban J connectivity index is 2.13. The molecule has 1 nitrogen and oxygen atoms in total. The Bertz CT molecular complexity index is 258. The lowest BCUT2D eigenvalue weighted by molar-refractivity contribution is 0.202. The number of likely N-dealkylation sites (tertiary alicyclic amines) is 1. The largest absolute Gasteiger partial charge is 0.306 e. The van der Waals surface area contributed by atoms with Crippen molar-refractivity contribution in [2.45, 2.75) is 25.2 Å². The van der Waals surface area contributed by atoms with E-state index in [0.717, 1.165) is 0 Å². The first-order valence-electron chi connectivity index (χ1n) is 4.93. The van der Waals surface area contributed by atoms with Gasteiger partial charge >= 0.3 is 0 Å². The first-order chi connectivity index (χ1) is 6.21. The van der Waals surface area contributed by atoms with Crippen molar-refractivity contribution in [1.29, 1.82) is 0 Å². The number of rotatable bonds is 1. The molecule has 0 atom stereocenters. The van der Waals surface area contributed by atoms with Crippen LogP contribution in [0.25, 0.3) is 0 Å². The van der Waals surface area contributed by atoms with Gasteiger partial charge in [-0.25, -0.2) is 0 Å². The third-order valence-corrected chi connectivity index (χ3v) is 4.38. The van der Waals surface area contributed by atoms with Crippen molar-refractivity contribution in [3.63, 3.8) is 0 Å². The van der Waals surface area contributed by atoms with E-state index in [1.54, 1.807) is 4.88 Å². The van der Waals surface area contributed by atoms with Gasteiger partial charge in [0.15, 0.2) is 0 Å². The maximum Gasteiger partial charge on any atom is 0.0105 e. The smallest absolute Gasteiger partial charge is 0.0105 e. The van der Waals surface area contributed by atoms with Gasteiger partial charge in [0.1, 0.15) is 0 Å². The van der Waals surface area contributed by atoms with Gasteiger partial charge in [-0.05, 0) is 44.4 Å². The number of thiophene rings is 1. The molecule has 1 aliphatic heterocycles. The zero-order chi connectivity index (χ0) is 9.31. The molecular weight excluding hydrogens is 178 g/mol. The Morgan fingerprint density at radius 3 is 2.62 bits per heavy atom. The van der Waals surface area contributed by atoms with Crippen molar-refractivity contribution in [2.75, 3.05) is 20.1 Å². The minimum atomic E-state index is 0.459. The van der Waals surface area contributed by atoms with Crippen LogP contribution in [-0.2, 0) is 5.41 Å². The van der Waals surface area contributed by atoms with Gasteiger partial charge in [-0.3, -0.25) is 0 Å². The molecule has 0 amide bonds. The molecule has 1 saturated heterocycles. The first kappa shape index (κ1) is 9.22. The van der Waals surface area contributed by atoms with Crippen LogP contribution < -0.4 is 0 Å². The van der Waals surface area contributed by atoms with Gasteiger partial charge in [-0.15, -0.1) is 11.3 Å². The molecule has 0 radical (unpaired) electrons. The summed E-state index contributed by atoms with van der Waals surface area (Å²) in [5.74, 6) is 0. The van der Waals surface area contributed by atoms with Crippen LogP contribution >= 0.6 is 11.3 Å². The van der Waals surface area contributed by atoms with E-state index in [0.29, 0.717) is 5.41 Å². The van der Waals surface area contributed by atoms with Crippen molar-refractivity contribution < 1.29 is 0 Å². The molecule has 0 bridgehead atoms. The Labute approximate surface area is 84.4 Å². The van der Waals surface area contributed by atoms with E-state index in [-0.39, 0.29) is 0 Å². The average Bonchev–Trinajstić information content (AvgIpc) is 2.63. The van der Waals surface area contributed by atoms with Crippen molar-refractivity contribution >= 4 is 11.3 Å². The van der Waals surface area contributed by atoms with Crippen LogP contribution in [0.3, 0.4) is 0 Å². The summed E-state index contributed by atoms with van der Waals surface area (Å²) in [6.45, 7) is 4.90. The molecule has 0 saturated carbocycles. The summed E-state index contributed by atoms with van der Waals surface area (Å²) in [4.78, 5) is 4.00. The Hall–Kier alpha value is -0.340. The molecule has 2 heterocycles. The topological polar surface area (TPSA) is 3.24 Å². The molecule has 0 aliphatic carbocycles. The zero-order valence-electron chi connectivity index (χ0n) is 8.42. The first-order valence-corrected chi connectivity index (χ1v) is 5.81. The summed E-state index contributed by atoms with van der Waals surface area (Å²) < 4.78 is 0. The number of hydrogen-bond acceptors (Lipinski definition) is 2. The second kappa shape index (κ2) is 3.43. The van der Waals surface area contributed by atoms with Gasteiger partial charge in [0.25, 0.3) is 0 Å². The van der Waals surface area contributed by atoms with Crippen LogP contribution in [0.15, 0.2) is 17.5 Å². The quantitative estimate of drug-likeness (QED) is 0.666. The van der Waals surface area contributed by atoms with Gasteiger partial charge in [0.2, 0.25) is 0 Å². The summed E-state index contributed by atoms with van der Waals surface area (Å²) in [6, 6.07) is 4.46. The van der Waals surface area contributed by atoms with Crippen LogP contribution in [0, 0.1) is 0 Å². The highest BCUT2D eigenvalue weighted by Crippen LogP contribution is 2.36. The molecule has 0 N–H and O–H groups in total. The maximum absolute atomic E-state index is 2.43. The van der Waals surface area contributed by atoms with E-state index in [1.807, 2.05) is 11.3 Å². The van der Waals surface area contributed by atoms with Gasteiger partial charge in [-0.1, -0.05) is 13.0 Å².